The maximum absolute atomic E-state index is 13.8. The van der Waals surface area contributed by atoms with E-state index in [2.05, 4.69) is 0 Å². The molecule has 0 saturated carbocycles. The fourth-order valence-electron chi connectivity index (χ4n) is 4.43. The summed E-state index contributed by atoms with van der Waals surface area (Å²) in [7, 11) is 0. The summed E-state index contributed by atoms with van der Waals surface area (Å²) in [5.41, 5.74) is -2.18. The molecule has 0 bridgehead atoms. The molecule has 30 heavy (non-hydrogen) atoms. The van der Waals surface area contributed by atoms with E-state index in [1.54, 1.807) is 9.80 Å². The van der Waals surface area contributed by atoms with Crippen molar-refractivity contribution in [3.63, 3.8) is 0 Å². The van der Waals surface area contributed by atoms with Gasteiger partial charge in [-0.2, -0.15) is 0 Å². The van der Waals surface area contributed by atoms with Gasteiger partial charge in [0.05, 0.1) is 0 Å². The molecule has 7 nitrogen and oxygen atoms in total. The van der Waals surface area contributed by atoms with Gasteiger partial charge in [-0.25, -0.2) is 9.59 Å². The Kier molecular flexibility index (Phi) is 7.14. The van der Waals surface area contributed by atoms with Crippen LogP contribution in [0, 0.1) is 5.92 Å². The highest BCUT2D eigenvalue weighted by Crippen LogP contribution is 2.40. The SMILES string of the molecule is CC(C)CC(C(=O)OC(C)(C)C)N1CCCC2(CCCN2C(=O)OC(C)(C)C)C1=O. The zero-order valence-corrected chi connectivity index (χ0v) is 20.0. The second-order valence-electron chi connectivity index (χ2n) is 11.0. The molecule has 0 radical (unpaired) electrons. The number of carbonyl (C=O) groups excluding carboxylic acids is 3. The second kappa shape index (κ2) is 8.75. The van der Waals surface area contributed by atoms with Gasteiger partial charge < -0.3 is 14.4 Å². The lowest BCUT2D eigenvalue weighted by atomic mass is 9.84. The molecule has 2 amide bonds. The largest absolute Gasteiger partial charge is 0.458 e. The van der Waals surface area contributed by atoms with Crippen LogP contribution in [0.2, 0.25) is 0 Å². The number of piperidine rings is 1. The number of hydrogen-bond acceptors (Lipinski definition) is 5. The van der Waals surface area contributed by atoms with Gasteiger partial charge in [0.15, 0.2) is 0 Å². The molecular weight excluding hydrogens is 384 g/mol. The lowest BCUT2D eigenvalue weighted by Crippen LogP contribution is -2.64. The van der Waals surface area contributed by atoms with Crippen molar-refractivity contribution in [2.45, 2.75) is 110 Å². The number of nitrogens with zero attached hydrogens (tertiary/aromatic N) is 2. The van der Waals surface area contributed by atoms with Crippen LogP contribution in [0.1, 0.15) is 87.5 Å². The summed E-state index contributed by atoms with van der Waals surface area (Å²) in [4.78, 5) is 43.0. The highest BCUT2D eigenvalue weighted by molar-refractivity contribution is 5.94. The third-order valence-electron chi connectivity index (χ3n) is 5.50. The van der Waals surface area contributed by atoms with Crippen molar-refractivity contribution in [2.75, 3.05) is 13.1 Å². The molecule has 2 saturated heterocycles. The first kappa shape index (κ1) is 24.5. The van der Waals surface area contributed by atoms with E-state index in [0.717, 1.165) is 12.8 Å². The van der Waals surface area contributed by atoms with Crippen molar-refractivity contribution < 1.29 is 23.9 Å². The van der Waals surface area contributed by atoms with E-state index in [-0.39, 0.29) is 17.8 Å². The smallest absolute Gasteiger partial charge is 0.411 e. The standard InChI is InChI=1S/C23H40N2O5/c1-16(2)15-17(18(26)29-21(3,4)5)24-13-9-11-23(19(24)27)12-10-14-25(23)20(28)30-22(6,7)8/h16-17H,9-15H2,1-8H3. The van der Waals surface area contributed by atoms with E-state index < -0.39 is 28.9 Å². The Morgan fingerprint density at radius 2 is 1.50 bits per heavy atom. The fraction of sp³-hybridized carbons (Fsp3) is 0.870. The summed E-state index contributed by atoms with van der Waals surface area (Å²) in [6.45, 7) is 16.0. The quantitative estimate of drug-likeness (QED) is 0.634. The third-order valence-corrected chi connectivity index (χ3v) is 5.50. The van der Waals surface area contributed by atoms with Crippen molar-refractivity contribution in [3.8, 4) is 0 Å². The highest BCUT2D eigenvalue weighted by atomic mass is 16.6. The number of rotatable bonds is 4. The van der Waals surface area contributed by atoms with Gasteiger partial charge in [-0.05, 0) is 79.6 Å². The molecule has 0 aromatic carbocycles. The Balaban J connectivity index is 2.32. The van der Waals surface area contributed by atoms with Gasteiger partial charge in [0.2, 0.25) is 5.91 Å². The van der Waals surface area contributed by atoms with Gasteiger partial charge in [0.25, 0.3) is 0 Å². The minimum absolute atomic E-state index is 0.145. The number of carbonyl (C=O) groups is 3. The minimum Gasteiger partial charge on any atom is -0.458 e. The molecule has 172 valence electrons. The first-order chi connectivity index (χ1) is 13.7. The first-order valence-corrected chi connectivity index (χ1v) is 11.2. The van der Waals surface area contributed by atoms with Gasteiger partial charge in [-0.15, -0.1) is 0 Å². The van der Waals surface area contributed by atoms with E-state index in [9.17, 15) is 14.4 Å². The lowest BCUT2D eigenvalue weighted by Gasteiger charge is -2.46. The van der Waals surface area contributed by atoms with Gasteiger partial charge in [0, 0.05) is 13.1 Å². The molecule has 7 heteroatoms. The second-order valence-corrected chi connectivity index (χ2v) is 11.0. The number of hydrogen-bond donors (Lipinski definition) is 0. The van der Waals surface area contributed by atoms with Crippen LogP contribution in [-0.4, -0.2) is 63.6 Å². The molecule has 2 aliphatic heterocycles. The summed E-state index contributed by atoms with van der Waals surface area (Å²) in [5, 5.41) is 0. The monoisotopic (exact) mass is 424 g/mol. The molecule has 2 atom stereocenters. The summed E-state index contributed by atoms with van der Waals surface area (Å²) >= 11 is 0. The van der Waals surface area contributed by atoms with Crippen LogP contribution in [0.4, 0.5) is 4.79 Å². The molecule has 2 unspecified atom stereocenters. The maximum atomic E-state index is 13.8. The molecule has 1 spiro atoms. The van der Waals surface area contributed by atoms with E-state index in [4.69, 9.17) is 9.47 Å². The van der Waals surface area contributed by atoms with E-state index >= 15 is 0 Å². The average molecular weight is 425 g/mol. The topological polar surface area (TPSA) is 76.2 Å². The van der Waals surface area contributed by atoms with Crippen molar-refractivity contribution in [2.24, 2.45) is 5.92 Å². The van der Waals surface area contributed by atoms with Crippen LogP contribution in [0.5, 0.6) is 0 Å². The fourth-order valence-corrected chi connectivity index (χ4v) is 4.43. The van der Waals surface area contributed by atoms with Crippen LogP contribution in [0.25, 0.3) is 0 Å². The van der Waals surface area contributed by atoms with E-state index in [0.29, 0.717) is 32.4 Å². The van der Waals surface area contributed by atoms with Gasteiger partial charge in [-0.3, -0.25) is 9.69 Å². The van der Waals surface area contributed by atoms with E-state index in [1.165, 1.54) is 0 Å². The predicted molar refractivity (Wildman–Crippen MR) is 115 cm³/mol. The van der Waals surface area contributed by atoms with Crippen LogP contribution >= 0.6 is 0 Å². The zero-order chi connectivity index (χ0) is 22.9. The molecule has 0 aromatic rings. The number of amides is 2. The Morgan fingerprint density at radius 1 is 0.967 bits per heavy atom. The number of esters is 1. The Bertz CT molecular complexity index is 661. The average Bonchev–Trinajstić information content (AvgIpc) is 2.97. The zero-order valence-electron chi connectivity index (χ0n) is 20.0. The summed E-state index contributed by atoms with van der Waals surface area (Å²) in [5.74, 6) is -0.296. The molecule has 2 heterocycles. The molecule has 2 rings (SSSR count). The Hall–Kier alpha value is -1.79. The van der Waals surface area contributed by atoms with Crippen molar-refractivity contribution >= 4 is 18.0 Å². The maximum Gasteiger partial charge on any atom is 0.411 e. The molecule has 0 aromatic heterocycles. The van der Waals surface area contributed by atoms with Crippen LogP contribution < -0.4 is 0 Å². The molecule has 0 N–H and O–H groups in total. The van der Waals surface area contributed by atoms with Crippen molar-refractivity contribution in [1.29, 1.82) is 0 Å². The van der Waals surface area contributed by atoms with Crippen LogP contribution in [0.15, 0.2) is 0 Å². The number of ether oxygens (including phenoxy) is 2. The van der Waals surface area contributed by atoms with Crippen molar-refractivity contribution in [3.05, 3.63) is 0 Å². The molecule has 2 aliphatic rings. The predicted octanol–water partition coefficient (Wildman–Crippen LogP) is 4.13. The molecule has 0 aliphatic carbocycles. The molecule has 2 fully saturated rings. The minimum atomic E-state index is -0.919. The third kappa shape index (κ3) is 5.67. The lowest BCUT2D eigenvalue weighted by molar-refractivity contribution is -0.170. The van der Waals surface area contributed by atoms with E-state index in [1.807, 2.05) is 55.4 Å². The van der Waals surface area contributed by atoms with Crippen LogP contribution in [0.3, 0.4) is 0 Å². The van der Waals surface area contributed by atoms with Gasteiger partial charge in [0.1, 0.15) is 22.8 Å². The first-order valence-electron chi connectivity index (χ1n) is 11.2. The highest BCUT2D eigenvalue weighted by Gasteiger charge is 2.55. The number of likely N-dealkylation sites (tertiary alicyclic amines) is 2. The summed E-state index contributed by atoms with van der Waals surface area (Å²) in [6, 6.07) is -0.644. The Morgan fingerprint density at radius 3 is 2.00 bits per heavy atom. The summed E-state index contributed by atoms with van der Waals surface area (Å²) < 4.78 is 11.3. The van der Waals surface area contributed by atoms with Crippen molar-refractivity contribution in [1.82, 2.24) is 9.80 Å². The summed E-state index contributed by atoms with van der Waals surface area (Å²) in [6.07, 6.45) is 2.77. The van der Waals surface area contributed by atoms with Crippen LogP contribution in [-0.2, 0) is 19.1 Å². The van der Waals surface area contributed by atoms with Gasteiger partial charge >= 0.3 is 12.1 Å². The normalized spacial score (nSPS) is 23.8. The van der Waals surface area contributed by atoms with Gasteiger partial charge in [-0.1, -0.05) is 13.8 Å². The molecular formula is C23H40N2O5. The Labute approximate surface area is 181 Å².